The first-order valence-corrected chi connectivity index (χ1v) is 8.50. The van der Waals surface area contributed by atoms with E-state index in [2.05, 4.69) is 5.32 Å². The lowest BCUT2D eigenvalue weighted by molar-refractivity contribution is -0.126. The molecule has 3 rings (SSSR count). The van der Waals surface area contributed by atoms with Crippen LogP contribution in [0.3, 0.4) is 0 Å². The number of furan rings is 1. The summed E-state index contributed by atoms with van der Waals surface area (Å²) in [7, 11) is 0. The van der Waals surface area contributed by atoms with E-state index in [0.29, 0.717) is 26.1 Å². The Hall–Kier alpha value is -2.76. The fraction of sp³-hybridized carbons (Fsp3) is 0.368. The van der Waals surface area contributed by atoms with E-state index in [1.165, 1.54) is 0 Å². The minimum absolute atomic E-state index is 0.0321. The molecule has 1 saturated heterocycles. The first-order valence-electron chi connectivity index (χ1n) is 8.50. The van der Waals surface area contributed by atoms with E-state index >= 15 is 0 Å². The molecule has 1 aromatic carbocycles. The molecule has 1 aliphatic heterocycles. The van der Waals surface area contributed by atoms with Gasteiger partial charge in [-0.1, -0.05) is 0 Å². The van der Waals surface area contributed by atoms with Crippen LogP contribution in [0.4, 0.5) is 5.69 Å². The topological polar surface area (TPSA) is 71.8 Å². The monoisotopic (exact) mass is 342 g/mol. The number of ether oxygens (including phenoxy) is 1. The van der Waals surface area contributed by atoms with Crippen LogP contribution in [-0.4, -0.2) is 31.5 Å². The number of nitrogens with one attached hydrogen (secondary N) is 1. The number of hydrogen-bond donors (Lipinski definition) is 1. The molecule has 6 nitrogen and oxygen atoms in total. The number of benzene rings is 1. The highest BCUT2D eigenvalue weighted by molar-refractivity contribution is 6.00. The molecular formula is C19H22N2O4. The van der Waals surface area contributed by atoms with Crippen LogP contribution >= 0.6 is 0 Å². The van der Waals surface area contributed by atoms with E-state index in [4.69, 9.17) is 9.15 Å². The van der Waals surface area contributed by atoms with Crippen molar-refractivity contribution in [2.75, 3.05) is 24.6 Å². The van der Waals surface area contributed by atoms with Crippen molar-refractivity contribution >= 4 is 17.5 Å². The van der Waals surface area contributed by atoms with Gasteiger partial charge >= 0.3 is 0 Å². The van der Waals surface area contributed by atoms with Gasteiger partial charge in [0.1, 0.15) is 11.5 Å². The van der Waals surface area contributed by atoms with Gasteiger partial charge in [-0.2, -0.15) is 0 Å². The highest BCUT2D eigenvalue weighted by atomic mass is 16.5. The van der Waals surface area contributed by atoms with Gasteiger partial charge in [0.15, 0.2) is 0 Å². The van der Waals surface area contributed by atoms with Crippen molar-refractivity contribution < 1.29 is 18.7 Å². The summed E-state index contributed by atoms with van der Waals surface area (Å²) < 4.78 is 10.6. The molecule has 2 heterocycles. The van der Waals surface area contributed by atoms with E-state index < -0.39 is 0 Å². The van der Waals surface area contributed by atoms with Crippen molar-refractivity contribution in [2.45, 2.75) is 19.8 Å². The van der Waals surface area contributed by atoms with Crippen molar-refractivity contribution in [2.24, 2.45) is 5.92 Å². The van der Waals surface area contributed by atoms with E-state index in [-0.39, 0.29) is 24.2 Å². The number of carbonyl (C=O) groups excluding carboxylic acids is 2. The quantitative estimate of drug-likeness (QED) is 0.839. The maximum atomic E-state index is 12.3. The number of nitrogens with zero attached hydrogens (tertiary/aromatic N) is 1. The third-order valence-corrected chi connectivity index (χ3v) is 4.21. The standard InChI is InChI=1S/C19H22N2O4/c1-2-24-17-7-5-15(6-8-17)21-13-14(12-18(21)22)19(23)20-10-9-16-4-3-11-25-16/h3-8,11,14H,2,9-10,12-13H2,1H3,(H,20,23)/t14-/m0/s1. The van der Waals surface area contributed by atoms with Crippen LogP contribution in [0.15, 0.2) is 47.1 Å². The Balaban J connectivity index is 1.53. The van der Waals surface area contributed by atoms with Crippen LogP contribution in [0.5, 0.6) is 5.75 Å². The second-order valence-electron chi connectivity index (χ2n) is 5.95. The lowest BCUT2D eigenvalue weighted by Gasteiger charge is -2.17. The molecule has 0 radical (unpaired) electrons. The smallest absolute Gasteiger partial charge is 0.227 e. The summed E-state index contributed by atoms with van der Waals surface area (Å²) in [5, 5.41) is 2.88. The molecule has 1 atom stereocenters. The summed E-state index contributed by atoms with van der Waals surface area (Å²) in [5.41, 5.74) is 0.791. The van der Waals surface area contributed by atoms with Crippen LogP contribution in [0.2, 0.25) is 0 Å². The number of rotatable bonds is 7. The summed E-state index contributed by atoms with van der Waals surface area (Å²) in [6, 6.07) is 11.1. The molecule has 132 valence electrons. The zero-order chi connectivity index (χ0) is 17.6. The zero-order valence-corrected chi connectivity index (χ0v) is 14.2. The Bertz CT molecular complexity index is 710. The number of hydrogen-bond acceptors (Lipinski definition) is 4. The van der Waals surface area contributed by atoms with Crippen molar-refractivity contribution in [3.63, 3.8) is 0 Å². The fourth-order valence-electron chi connectivity index (χ4n) is 2.93. The van der Waals surface area contributed by atoms with Gasteiger partial charge < -0.3 is 19.4 Å². The van der Waals surface area contributed by atoms with Crippen LogP contribution in [0.1, 0.15) is 19.1 Å². The molecule has 1 aliphatic rings. The van der Waals surface area contributed by atoms with Crippen molar-refractivity contribution in [1.29, 1.82) is 0 Å². The van der Waals surface area contributed by atoms with E-state index in [1.807, 2.05) is 43.3 Å². The molecule has 2 amide bonds. The maximum absolute atomic E-state index is 12.3. The second kappa shape index (κ2) is 7.88. The Morgan fingerprint density at radius 1 is 1.32 bits per heavy atom. The number of carbonyl (C=O) groups is 2. The Labute approximate surface area is 146 Å². The average molecular weight is 342 g/mol. The maximum Gasteiger partial charge on any atom is 0.227 e. The Morgan fingerprint density at radius 3 is 2.80 bits per heavy atom. The lowest BCUT2D eigenvalue weighted by Crippen LogP contribution is -2.34. The molecule has 25 heavy (non-hydrogen) atoms. The highest BCUT2D eigenvalue weighted by Gasteiger charge is 2.34. The minimum atomic E-state index is -0.323. The number of amides is 2. The molecule has 0 aliphatic carbocycles. The lowest BCUT2D eigenvalue weighted by atomic mass is 10.1. The SMILES string of the molecule is CCOc1ccc(N2C[C@@H](C(=O)NCCc3ccco3)CC2=O)cc1. The van der Waals surface area contributed by atoms with Gasteiger partial charge in [0.25, 0.3) is 0 Å². The van der Waals surface area contributed by atoms with Crippen LogP contribution in [0.25, 0.3) is 0 Å². The van der Waals surface area contributed by atoms with Gasteiger partial charge in [0, 0.05) is 31.6 Å². The normalized spacial score (nSPS) is 16.9. The molecule has 2 aromatic rings. The van der Waals surface area contributed by atoms with Crippen LogP contribution in [0, 0.1) is 5.92 Å². The fourth-order valence-corrected chi connectivity index (χ4v) is 2.93. The summed E-state index contributed by atoms with van der Waals surface area (Å²) in [4.78, 5) is 26.2. The van der Waals surface area contributed by atoms with Crippen LogP contribution in [-0.2, 0) is 16.0 Å². The van der Waals surface area contributed by atoms with Crippen molar-refractivity contribution in [1.82, 2.24) is 5.32 Å². The van der Waals surface area contributed by atoms with E-state index in [1.54, 1.807) is 11.2 Å². The summed E-state index contributed by atoms with van der Waals surface area (Å²) in [6.07, 6.45) is 2.49. The van der Waals surface area contributed by atoms with Crippen molar-refractivity contribution in [3.05, 3.63) is 48.4 Å². The molecule has 0 bridgehead atoms. The van der Waals surface area contributed by atoms with E-state index in [9.17, 15) is 9.59 Å². The number of anilines is 1. The predicted octanol–water partition coefficient (Wildman–Crippen LogP) is 2.39. The van der Waals surface area contributed by atoms with Crippen molar-refractivity contribution in [3.8, 4) is 5.75 Å². The van der Waals surface area contributed by atoms with Gasteiger partial charge in [-0.05, 0) is 43.3 Å². The van der Waals surface area contributed by atoms with Gasteiger partial charge in [0.05, 0.1) is 18.8 Å². The average Bonchev–Trinajstić information content (AvgIpc) is 3.26. The van der Waals surface area contributed by atoms with Crippen LogP contribution < -0.4 is 15.0 Å². The molecule has 0 unspecified atom stereocenters. The first kappa shape index (κ1) is 17.1. The van der Waals surface area contributed by atoms with Gasteiger partial charge in [-0.3, -0.25) is 9.59 Å². The molecule has 1 fully saturated rings. The summed E-state index contributed by atoms with van der Waals surface area (Å²) in [5.74, 6) is 1.16. The van der Waals surface area contributed by atoms with Gasteiger partial charge in [-0.15, -0.1) is 0 Å². The highest BCUT2D eigenvalue weighted by Crippen LogP contribution is 2.27. The summed E-state index contributed by atoms with van der Waals surface area (Å²) in [6.45, 7) is 3.43. The van der Waals surface area contributed by atoms with Gasteiger partial charge in [0.2, 0.25) is 11.8 Å². The van der Waals surface area contributed by atoms with Gasteiger partial charge in [-0.25, -0.2) is 0 Å². The molecule has 0 spiro atoms. The molecular weight excluding hydrogens is 320 g/mol. The Kier molecular flexibility index (Phi) is 5.38. The zero-order valence-electron chi connectivity index (χ0n) is 14.2. The molecule has 1 aromatic heterocycles. The first-order chi connectivity index (χ1) is 12.2. The molecule has 1 N–H and O–H groups in total. The largest absolute Gasteiger partial charge is 0.494 e. The minimum Gasteiger partial charge on any atom is -0.494 e. The third-order valence-electron chi connectivity index (χ3n) is 4.21. The third kappa shape index (κ3) is 4.21. The second-order valence-corrected chi connectivity index (χ2v) is 5.95. The summed E-state index contributed by atoms with van der Waals surface area (Å²) >= 11 is 0. The predicted molar refractivity (Wildman–Crippen MR) is 93.5 cm³/mol. The molecule has 0 saturated carbocycles. The Morgan fingerprint density at radius 2 is 2.12 bits per heavy atom. The van der Waals surface area contributed by atoms with E-state index in [0.717, 1.165) is 17.2 Å². The molecule has 6 heteroatoms.